The van der Waals surface area contributed by atoms with Crippen molar-refractivity contribution in [2.24, 2.45) is 5.92 Å². The van der Waals surface area contributed by atoms with Gasteiger partial charge in [0.2, 0.25) is 5.82 Å². The normalized spacial score (nSPS) is 14.1. The highest BCUT2D eigenvalue weighted by Crippen LogP contribution is 2.30. The third kappa shape index (κ3) is 2.73. The van der Waals surface area contributed by atoms with Gasteiger partial charge in [-0.05, 0) is 24.8 Å². The summed E-state index contributed by atoms with van der Waals surface area (Å²) in [6.45, 7) is 0.637. The van der Waals surface area contributed by atoms with E-state index >= 15 is 0 Å². The summed E-state index contributed by atoms with van der Waals surface area (Å²) in [6, 6.07) is 2.54. The van der Waals surface area contributed by atoms with E-state index in [2.05, 4.69) is 15.0 Å². The number of aromatic nitrogens is 1. The number of anilines is 1. The van der Waals surface area contributed by atoms with Gasteiger partial charge in [-0.15, -0.1) is 0 Å². The van der Waals surface area contributed by atoms with E-state index in [0.29, 0.717) is 12.5 Å². The molecule has 0 saturated heterocycles. The average molecular weight is 251 g/mol. The van der Waals surface area contributed by atoms with Gasteiger partial charge in [0.15, 0.2) is 5.69 Å². The first-order valence-electron chi connectivity index (χ1n) is 5.59. The number of hydrogen-bond donors (Lipinski definition) is 1. The van der Waals surface area contributed by atoms with Crippen molar-refractivity contribution in [3.8, 4) is 0 Å². The fraction of sp³-hybridized carbons (Fsp3) is 0.455. The van der Waals surface area contributed by atoms with Crippen molar-refractivity contribution in [2.45, 2.75) is 12.8 Å². The lowest BCUT2D eigenvalue weighted by Crippen LogP contribution is -2.11. The Bertz CT molecular complexity index is 485. The summed E-state index contributed by atoms with van der Waals surface area (Å²) in [5, 5.41) is 13.8. The van der Waals surface area contributed by atoms with Crippen LogP contribution in [-0.4, -0.2) is 29.5 Å². The van der Waals surface area contributed by atoms with Crippen molar-refractivity contribution in [1.82, 2.24) is 4.98 Å². The van der Waals surface area contributed by atoms with Gasteiger partial charge in [-0.1, -0.05) is 0 Å². The van der Waals surface area contributed by atoms with Gasteiger partial charge in [-0.3, -0.25) is 10.1 Å². The number of esters is 1. The largest absolute Gasteiger partial charge is 0.464 e. The predicted molar refractivity (Wildman–Crippen MR) is 63.4 cm³/mol. The molecule has 2 rings (SSSR count). The van der Waals surface area contributed by atoms with Crippen LogP contribution in [0.25, 0.3) is 0 Å². The quantitative estimate of drug-likeness (QED) is 0.485. The third-order valence-electron chi connectivity index (χ3n) is 2.72. The van der Waals surface area contributed by atoms with Gasteiger partial charge >= 0.3 is 11.7 Å². The molecule has 1 aromatic heterocycles. The van der Waals surface area contributed by atoms with Gasteiger partial charge in [-0.2, -0.15) is 0 Å². The summed E-state index contributed by atoms with van der Waals surface area (Å²) < 4.78 is 4.53. The molecule has 0 radical (unpaired) electrons. The van der Waals surface area contributed by atoms with Gasteiger partial charge in [0, 0.05) is 12.6 Å². The molecule has 7 nitrogen and oxygen atoms in total. The lowest BCUT2D eigenvalue weighted by atomic mass is 10.3. The first-order chi connectivity index (χ1) is 8.61. The highest BCUT2D eigenvalue weighted by molar-refractivity contribution is 5.88. The number of hydrogen-bond acceptors (Lipinski definition) is 6. The molecule has 1 aliphatic rings. The zero-order chi connectivity index (χ0) is 13.1. The Labute approximate surface area is 103 Å². The Balaban J connectivity index is 2.24. The molecule has 1 aromatic rings. The van der Waals surface area contributed by atoms with Crippen LogP contribution in [0.15, 0.2) is 12.1 Å². The molecule has 1 heterocycles. The minimum Gasteiger partial charge on any atom is -0.464 e. The van der Waals surface area contributed by atoms with E-state index in [0.717, 1.165) is 12.8 Å². The SMILES string of the molecule is COC(=O)c1ccc([N+](=O)[O-])c(NCC2CC2)n1. The van der Waals surface area contributed by atoms with Crippen LogP contribution < -0.4 is 5.32 Å². The standard InChI is InChI=1S/C11H13N3O4/c1-18-11(15)8-4-5-9(14(16)17)10(13-8)12-6-7-2-3-7/h4-5,7H,2-3,6H2,1H3,(H,12,13). The van der Waals surface area contributed by atoms with Crippen LogP contribution in [0.2, 0.25) is 0 Å². The molecular weight excluding hydrogens is 238 g/mol. The average Bonchev–Trinajstić information content (AvgIpc) is 3.18. The molecule has 1 saturated carbocycles. The van der Waals surface area contributed by atoms with Crippen LogP contribution in [0.1, 0.15) is 23.3 Å². The summed E-state index contributed by atoms with van der Waals surface area (Å²) in [5.74, 6) is 0.0577. The van der Waals surface area contributed by atoms with E-state index in [1.165, 1.54) is 19.2 Å². The minimum atomic E-state index is -0.612. The van der Waals surface area contributed by atoms with E-state index < -0.39 is 10.9 Å². The second-order valence-corrected chi connectivity index (χ2v) is 4.14. The zero-order valence-electron chi connectivity index (χ0n) is 9.88. The monoisotopic (exact) mass is 251 g/mol. The second-order valence-electron chi connectivity index (χ2n) is 4.14. The molecule has 1 N–H and O–H groups in total. The van der Waals surface area contributed by atoms with Gasteiger partial charge in [0.1, 0.15) is 0 Å². The molecular formula is C11H13N3O4. The number of ether oxygens (including phenoxy) is 1. The molecule has 1 fully saturated rings. The number of nitro groups is 1. The van der Waals surface area contributed by atoms with Crippen molar-refractivity contribution in [3.63, 3.8) is 0 Å². The maximum atomic E-state index is 11.3. The van der Waals surface area contributed by atoms with E-state index in [-0.39, 0.29) is 17.2 Å². The van der Waals surface area contributed by atoms with E-state index in [4.69, 9.17) is 0 Å². The van der Waals surface area contributed by atoms with Gasteiger partial charge in [0.25, 0.3) is 0 Å². The van der Waals surface area contributed by atoms with Gasteiger partial charge < -0.3 is 10.1 Å². The van der Waals surface area contributed by atoms with Crippen LogP contribution in [-0.2, 0) is 4.74 Å². The summed E-state index contributed by atoms with van der Waals surface area (Å²) in [7, 11) is 1.24. The Hall–Kier alpha value is -2.18. The van der Waals surface area contributed by atoms with Gasteiger partial charge in [0.05, 0.1) is 12.0 Å². The molecule has 0 aromatic carbocycles. The summed E-state index contributed by atoms with van der Waals surface area (Å²) >= 11 is 0. The van der Waals surface area contributed by atoms with Crippen LogP contribution in [0.4, 0.5) is 11.5 Å². The van der Waals surface area contributed by atoms with Crippen LogP contribution in [0.5, 0.6) is 0 Å². The number of nitrogens with one attached hydrogen (secondary N) is 1. The summed E-state index contributed by atoms with van der Waals surface area (Å²) in [5.41, 5.74) is -0.0790. The fourth-order valence-corrected chi connectivity index (χ4v) is 1.51. The van der Waals surface area contributed by atoms with E-state index in [1.54, 1.807) is 0 Å². The Kier molecular flexibility index (Phi) is 3.40. The molecule has 96 valence electrons. The highest BCUT2D eigenvalue weighted by Gasteiger charge is 2.24. The maximum absolute atomic E-state index is 11.3. The molecule has 0 amide bonds. The number of nitrogens with zero attached hydrogens (tertiary/aromatic N) is 2. The lowest BCUT2D eigenvalue weighted by molar-refractivity contribution is -0.384. The van der Waals surface area contributed by atoms with Crippen LogP contribution in [0, 0.1) is 16.0 Å². The number of rotatable bonds is 5. The molecule has 0 atom stereocenters. The van der Waals surface area contributed by atoms with E-state index in [9.17, 15) is 14.9 Å². The Morgan fingerprint density at radius 1 is 1.61 bits per heavy atom. The molecule has 18 heavy (non-hydrogen) atoms. The molecule has 0 bridgehead atoms. The second kappa shape index (κ2) is 4.99. The number of pyridine rings is 1. The third-order valence-corrected chi connectivity index (χ3v) is 2.72. The lowest BCUT2D eigenvalue weighted by Gasteiger charge is -2.06. The molecule has 0 aliphatic heterocycles. The molecule has 7 heteroatoms. The summed E-state index contributed by atoms with van der Waals surface area (Å²) in [4.78, 5) is 25.6. The molecule has 1 aliphatic carbocycles. The van der Waals surface area contributed by atoms with Crippen molar-refractivity contribution >= 4 is 17.5 Å². The molecule has 0 unspecified atom stereocenters. The topological polar surface area (TPSA) is 94.4 Å². The maximum Gasteiger partial charge on any atom is 0.356 e. The molecule has 0 spiro atoms. The Morgan fingerprint density at radius 3 is 2.89 bits per heavy atom. The fourth-order valence-electron chi connectivity index (χ4n) is 1.51. The number of methoxy groups -OCH3 is 1. The van der Waals surface area contributed by atoms with Crippen molar-refractivity contribution in [3.05, 3.63) is 27.9 Å². The zero-order valence-corrected chi connectivity index (χ0v) is 9.88. The number of carbonyl (C=O) groups is 1. The van der Waals surface area contributed by atoms with Crippen LogP contribution in [0.3, 0.4) is 0 Å². The first kappa shape index (κ1) is 12.3. The van der Waals surface area contributed by atoms with Crippen molar-refractivity contribution in [2.75, 3.05) is 19.0 Å². The first-order valence-corrected chi connectivity index (χ1v) is 5.59. The van der Waals surface area contributed by atoms with Crippen LogP contribution >= 0.6 is 0 Å². The van der Waals surface area contributed by atoms with E-state index in [1.807, 2.05) is 0 Å². The predicted octanol–water partition coefficient (Wildman–Crippen LogP) is 1.60. The van der Waals surface area contributed by atoms with Gasteiger partial charge in [-0.25, -0.2) is 9.78 Å². The smallest absolute Gasteiger partial charge is 0.356 e. The van der Waals surface area contributed by atoms with Crippen molar-refractivity contribution < 1.29 is 14.5 Å². The summed E-state index contributed by atoms with van der Waals surface area (Å²) in [6.07, 6.45) is 2.25. The Morgan fingerprint density at radius 2 is 2.33 bits per heavy atom. The number of carbonyl (C=O) groups excluding carboxylic acids is 1. The highest BCUT2D eigenvalue weighted by atomic mass is 16.6. The minimum absolute atomic E-state index is 0.0568. The van der Waals surface area contributed by atoms with Crippen molar-refractivity contribution in [1.29, 1.82) is 0 Å².